The minimum atomic E-state index is 0.227. The topological polar surface area (TPSA) is 12.5 Å². The van der Waals surface area contributed by atoms with Gasteiger partial charge in [0.25, 0.3) is 0 Å². The Hall–Kier alpha value is -0.0600. The Labute approximate surface area is 101 Å². The first-order valence-electron chi connectivity index (χ1n) is 4.20. The fourth-order valence-electron chi connectivity index (χ4n) is 1.13. The number of benzene rings is 1. The van der Waals surface area contributed by atoms with E-state index in [1.165, 1.54) is 5.56 Å². The Morgan fingerprint density at radius 3 is 2.43 bits per heavy atom. The van der Waals surface area contributed by atoms with Crippen molar-refractivity contribution in [2.24, 2.45) is 0 Å². The Morgan fingerprint density at radius 1 is 1.36 bits per heavy atom. The van der Waals surface area contributed by atoms with Gasteiger partial charge in [-0.3, -0.25) is 4.90 Å². The Morgan fingerprint density at radius 2 is 2.00 bits per heavy atom. The van der Waals surface area contributed by atoms with Gasteiger partial charge in [0, 0.05) is 0 Å². The van der Waals surface area contributed by atoms with Crippen molar-refractivity contribution in [2.45, 2.75) is 4.95 Å². The molecule has 1 atom stereocenters. The van der Waals surface area contributed by atoms with Crippen molar-refractivity contribution in [2.75, 3.05) is 21.2 Å². The van der Waals surface area contributed by atoms with Crippen LogP contribution < -0.4 is 4.74 Å². The number of alkyl halides is 1. The maximum absolute atomic E-state index is 5.16. The first-order chi connectivity index (χ1) is 6.56. The van der Waals surface area contributed by atoms with Gasteiger partial charge < -0.3 is 4.74 Å². The lowest BCUT2D eigenvalue weighted by Crippen LogP contribution is -2.14. The third kappa shape index (κ3) is 2.72. The van der Waals surface area contributed by atoms with E-state index in [4.69, 9.17) is 4.74 Å². The lowest BCUT2D eigenvalue weighted by atomic mass is 10.2. The summed E-state index contributed by atoms with van der Waals surface area (Å²) in [5, 5.41) is 0. The van der Waals surface area contributed by atoms with Crippen LogP contribution in [0.5, 0.6) is 5.75 Å². The minimum Gasteiger partial charge on any atom is -0.496 e. The van der Waals surface area contributed by atoms with Crippen molar-refractivity contribution >= 4 is 31.9 Å². The normalized spacial score (nSPS) is 13.0. The molecule has 0 N–H and O–H groups in total. The zero-order chi connectivity index (χ0) is 10.7. The van der Waals surface area contributed by atoms with Crippen LogP contribution in [-0.2, 0) is 0 Å². The lowest BCUT2D eigenvalue weighted by molar-refractivity contribution is 0.395. The van der Waals surface area contributed by atoms with Gasteiger partial charge >= 0.3 is 0 Å². The van der Waals surface area contributed by atoms with Crippen LogP contribution in [0, 0.1) is 0 Å². The molecule has 1 unspecified atom stereocenters. The molecule has 0 heterocycles. The summed E-state index contributed by atoms with van der Waals surface area (Å²) in [4.78, 5) is 2.32. The van der Waals surface area contributed by atoms with Crippen LogP contribution in [0.3, 0.4) is 0 Å². The summed E-state index contributed by atoms with van der Waals surface area (Å²) in [6.45, 7) is 0. The third-order valence-electron chi connectivity index (χ3n) is 1.90. The molecule has 0 saturated heterocycles. The van der Waals surface area contributed by atoms with Crippen LogP contribution in [0.2, 0.25) is 0 Å². The predicted molar refractivity (Wildman–Crippen MR) is 66.0 cm³/mol. The molecular formula is C10H13Br2NO. The molecule has 2 nitrogen and oxygen atoms in total. The van der Waals surface area contributed by atoms with E-state index in [9.17, 15) is 0 Å². The minimum absolute atomic E-state index is 0.227. The first-order valence-corrected chi connectivity index (χ1v) is 5.91. The average molecular weight is 323 g/mol. The highest BCUT2D eigenvalue weighted by Gasteiger charge is 2.11. The van der Waals surface area contributed by atoms with Crippen molar-refractivity contribution in [1.82, 2.24) is 4.90 Å². The zero-order valence-corrected chi connectivity index (χ0v) is 11.6. The van der Waals surface area contributed by atoms with Crippen LogP contribution in [0.25, 0.3) is 0 Å². The standard InChI is InChI=1S/C10H13Br2NO/c1-13(2)10(12)7-4-5-9(14-3)8(11)6-7/h4-6,10H,1-3H3. The van der Waals surface area contributed by atoms with Gasteiger partial charge in [0.15, 0.2) is 0 Å². The van der Waals surface area contributed by atoms with Crippen molar-refractivity contribution in [3.63, 3.8) is 0 Å². The van der Waals surface area contributed by atoms with E-state index in [0.717, 1.165) is 10.2 Å². The highest BCUT2D eigenvalue weighted by atomic mass is 79.9. The maximum Gasteiger partial charge on any atom is 0.133 e. The summed E-state index contributed by atoms with van der Waals surface area (Å²) < 4.78 is 6.14. The molecule has 0 aromatic heterocycles. The summed E-state index contributed by atoms with van der Waals surface area (Å²) in [5.74, 6) is 0.854. The largest absolute Gasteiger partial charge is 0.496 e. The molecule has 0 saturated carbocycles. The fraction of sp³-hybridized carbons (Fsp3) is 0.400. The molecule has 4 heteroatoms. The molecule has 78 valence electrons. The Bertz CT molecular complexity index is 315. The average Bonchev–Trinajstić information content (AvgIpc) is 2.16. The second-order valence-electron chi connectivity index (χ2n) is 3.19. The van der Waals surface area contributed by atoms with Gasteiger partial charge in [-0.2, -0.15) is 0 Å². The third-order valence-corrected chi connectivity index (χ3v) is 3.87. The van der Waals surface area contributed by atoms with E-state index in [1.54, 1.807) is 7.11 Å². The highest BCUT2D eigenvalue weighted by molar-refractivity contribution is 9.10. The molecule has 0 aliphatic heterocycles. The van der Waals surface area contributed by atoms with E-state index in [-0.39, 0.29) is 4.95 Å². The molecule has 0 radical (unpaired) electrons. The van der Waals surface area contributed by atoms with Crippen LogP contribution in [-0.4, -0.2) is 26.1 Å². The summed E-state index contributed by atoms with van der Waals surface area (Å²) in [7, 11) is 5.71. The van der Waals surface area contributed by atoms with Gasteiger partial charge in [0.1, 0.15) is 5.75 Å². The lowest BCUT2D eigenvalue weighted by Gasteiger charge is -2.18. The van der Waals surface area contributed by atoms with E-state index >= 15 is 0 Å². The summed E-state index contributed by atoms with van der Waals surface area (Å²) >= 11 is 7.06. The van der Waals surface area contributed by atoms with Gasteiger partial charge in [-0.15, -0.1) is 0 Å². The van der Waals surface area contributed by atoms with E-state index in [1.807, 2.05) is 26.2 Å². The number of ether oxygens (including phenoxy) is 1. The number of nitrogens with zero attached hydrogens (tertiary/aromatic N) is 1. The van der Waals surface area contributed by atoms with E-state index in [2.05, 4.69) is 42.8 Å². The number of rotatable bonds is 3. The molecule has 0 fully saturated rings. The van der Waals surface area contributed by atoms with Crippen LogP contribution >= 0.6 is 31.9 Å². The summed E-state index contributed by atoms with van der Waals surface area (Å²) in [5.41, 5.74) is 1.20. The summed E-state index contributed by atoms with van der Waals surface area (Å²) in [6, 6.07) is 6.05. The van der Waals surface area contributed by atoms with Crippen molar-refractivity contribution in [3.8, 4) is 5.75 Å². The smallest absolute Gasteiger partial charge is 0.133 e. The van der Waals surface area contributed by atoms with Crippen molar-refractivity contribution in [3.05, 3.63) is 28.2 Å². The monoisotopic (exact) mass is 321 g/mol. The van der Waals surface area contributed by atoms with Crippen LogP contribution in [0.1, 0.15) is 10.5 Å². The highest BCUT2D eigenvalue weighted by Crippen LogP contribution is 2.31. The predicted octanol–water partition coefficient (Wildman–Crippen LogP) is 3.41. The van der Waals surface area contributed by atoms with Crippen molar-refractivity contribution in [1.29, 1.82) is 0 Å². The number of halogens is 2. The van der Waals surface area contributed by atoms with Crippen molar-refractivity contribution < 1.29 is 4.74 Å². The second-order valence-corrected chi connectivity index (χ2v) is 4.92. The van der Waals surface area contributed by atoms with Gasteiger partial charge in [0.05, 0.1) is 16.5 Å². The van der Waals surface area contributed by atoms with Gasteiger partial charge in [-0.1, -0.05) is 22.0 Å². The molecule has 14 heavy (non-hydrogen) atoms. The van der Waals surface area contributed by atoms with Gasteiger partial charge in [-0.05, 0) is 47.7 Å². The SMILES string of the molecule is COc1ccc(C(Br)N(C)C)cc1Br. The Balaban J connectivity index is 2.96. The molecule has 0 spiro atoms. The molecule has 0 amide bonds. The number of hydrogen-bond donors (Lipinski definition) is 0. The van der Waals surface area contributed by atoms with E-state index in [0.29, 0.717) is 0 Å². The van der Waals surface area contributed by atoms with E-state index < -0.39 is 0 Å². The number of methoxy groups -OCH3 is 1. The molecule has 0 bridgehead atoms. The molecular weight excluding hydrogens is 310 g/mol. The first kappa shape index (κ1) is 12.0. The molecule has 1 rings (SSSR count). The number of hydrogen-bond acceptors (Lipinski definition) is 2. The molecule has 1 aromatic carbocycles. The molecule has 0 aliphatic carbocycles. The Kier molecular flexibility index (Phi) is 4.41. The van der Waals surface area contributed by atoms with Gasteiger partial charge in [-0.25, -0.2) is 0 Å². The molecule has 0 aliphatic rings. The maximum atomic E-state index is 5.16. The molecule has 1 aromatic rings. The fourth-order valence-corrected chi connectivity index (χ4v) is 1.97. The zero-order valence-electron chi connectivity index (χ0n) is 8.42. The summed E-state index contributed by atoms with van der Waals surface area (Å²) in [6.07, 6.45) is 0. The van der Waals surface area contributed by atoms with Crippen LogP contribution in [0.15, 0.2) is 22.7 Å². The quantitative estimate of drug-likeness (QED) is 0.624. The van der Waals surface area contributed by atoms with Gasteiger partial charge in [0.2, 0.25) is 0 Å². The second kappa shape index (κ2) is 5.14. The van der Waals surface area contributed by atoms with Crippen LogP contribution in [0.4, 0.5) is 0 Å².